The van der Waals surface area contributed by atoms with E-state index in [-0.39, 0.29) is 18.0 Å². The molecule has 0 aliphatic rings. The Hall–Kier alpha value is -1.86. The van der Waals surface area contributed by atoms with Crippen molar-refractivity contribution in [1.82, 2.24) is 15.0 Å². The first kappa shape index (κ1) is 15.5. The molecule has 0 fully saturated rings. The van der Waals surface area contributed by atoms with Gasteiger partial charge in [-0.15, -0.1) is 0 Å². The maximum atomic E-state index is 11.6. The first-order valence-corrected chi connectivity index (χ1v) is 7.49. The van der Waals surface area contributed by atoms with Crippen LogP contribution in [0.15, 0.2) is 29.8 Å². The summed E-state index contributed by atoms with van der Waals surface area (Å²) < 4.78 is 4.86. The molecule has 8 heteroatoms. The van der Waals surface area contributed by atoms with E-state index in [2.05, 4.69) is 15.0 Å². The lowest BCUT2D eigenvalue weighted by Gasteiger charge is -2.06. The fraction of sp³-hybridized carbons (Fsp3) is 0.231. The number of nitrogens with two attached hydrogens (primary N) is 1. The first-order chi connectivity index (χ1) is 10.1. The van der Waals surface area contributed by atoms with E-state index >= 15 is 0 Å². The van der Waals surface area contributed by atoms with Gasteiger partial charge in [-0.2, -0.15) is 0 Å². The summed E-state index contributed by atoms with van der Waals surface area (Å²) in [4.78, 5) is 23.7. The van der Waals surface area contributed by atoms with Crippen molar-refractivity contribution >= 4 is 35.1 Å². The van der Waals surface area contributed by atoms with E-state index in [4.69, 9.17) is 22.1 Å². The minimum atomic E-state index is -0.524. The van der Waals surface area contributed by atoms with Gasteiger partial charge in [0.25, 0.3) is 0 Å². The summed E-state index contributed by atoms with van der Waals surface area (Å²) >= 11 is 7.39. The Balaban J connectivity index is 2.07. The summed E-state index contributed by atoms with van der Waals surface area (Å²) in [5, 5.41) is 1.05. The molecule has 0 atom stereocenters. The molecule has 0 aliphatic heterocycles. The number of carbonyl (C=O) groups excluding carboxylic acids is 1. The molecule has 0 bridgehead atoms. The molecule has 0 saturated carbocycles. The van der Waals surface area contributed by atoms with E-state index in [9.17, 15) is 4.79 Å². The van der Waals surface area contributed by atoms with Crippen LogP contribution in [0.3, 0.4) is 0 Å². The Morgan fingerprint density at radius 3 is 2.95 bits per heavy atom. The number of halogens is 1. The zero-order valence-corrected chi connectivity index (χ0v) is 12.8. The second-order valence-corrected chi connectivity index (χ2v) is 5.28. The van der Waals surface area contributed by atoms with E-state index in [0.717, 1.165) is 5.56 Å². The molecule has 0 unspecified atom stereocenters. The van der Waals surface area contributed by atoms with Gasteiger partial charge in [-0.3, -0.25) is 4.98 Å². The van der Waals surface area contributed by atoms with Crippen LogP contribution in [-0.2, 0) is 10.5 Å². The van der Waals surface area contributed by atoms with Crippen LogP contribution in [0.25, 0.3) is 0 Å². The van der Waals surface area contributed by atoms with E-state index in [0.29, 0.717) is 15.9 Å². The second-order valence-electron chi connectivity index (χ2n) is 3.93. The zero-order valence-electron chi connectivity index (χ0n) is 11.2. The normalized spacial score (nSPS) is 10.4. The summed E-state index contributed by atoms with van der Waals surface area (Å²) in [6.07, 6.45) is 4.62. The zero-order chi connectivity index (χ0) is 15.2. The Morgan fingerprint density at radius 2 is 2.29 bits per heavy atom. The summed E-state index contributed by atoms with van der Waals surface area (Å²) in [7, 11) is 0. The molecular formula is C13H13ClN4O2S. The van der Waals surface area contributed by atoms with Crippen LogP contribution in [-0.4, -0.2) is 27.5 Å². The average Bonchev–Trinajstić information content (AvgIpc) is 2.46. The van der Waals surface area contributed by atoms with Gasteiger partial charge in [-0.1, -0.05) is 23.4 Å². The largest absolute Gasteiger partial charge is 0.462 e. The molecule has 0 spiro atoms. The van der Waals surface area contributed by atoms with E-state index < -0.39 is 5.97 Å². The SMILES string of the molecule is CCOC(=O)c1cnc(SCc2ccncc2Cl)nc1N. The van der Waals surface area contributed by atoms with Crippen LogP contribution in [0.5, 0.6) is 0 Å². The van der Waals surface area contributed by atoms with Crippen LogP contribution in [0, 0.1) is 0 Å². The van der Waals surface area contributed by atoms with Crippen molar-refractivity contribution in [2.75, 3.05) is 12.3 Å². The van der Waals surface area contributed by atoms with Crippen LogP contribution in [0.1, 0.15) is 22.8 Å². The van der Waals surface area contributed by atoms with Crippen molar-refractivity contribution < 1.29 is 9.53 Å². The molecule has 2 aromatic rings. The molecule has 0 aliphatic carbocycles. The topological polar surface area (TPSA) is 91.0 Å². The van der Waals surface area contributed by atoms with Crippen molar-refractivity contribution in [3.8, 4) is 0 Å². The molecule has 0 radical (unpaired) electrons. The molecule has 0 saturated heterocycles. The quantitative estimate of drug-likeness (QED) is 0.513. The summed E-state index contributed by atoms with van der Waals surface area (Å²) in [6.45, 7) is 1.99. The van der Waals surface area contributed by atoms with E-state index in [1.54, 1.807) is 19.3 Å². The third-order valence-electron chi connectivity index (χ3n) is 2.50. The number of pyridine rings is 1. The first-order valence-electron chi connectivity index (χ1n) is 6.12. The highest BCUT2D eigenvalue weighted by atomic mass is 35.5. The molecule has 0 amide bonds. The Kier molecular flexibility index (Phi) is 5.35. The lowest BCUT2D eigenvalue weighted by Crippen LogP contribution is -2.10. The lowest BCUT2D eigenvalue weighted by molar-refractivity contribution is 0.0526. The van der Waals surface area contributed by atoms with Gasteiger partial charge in [-0.05, 0) is 18.6 Å². The van der Waals surface area contributed by atoms with Gasteiger partial charge in [0, 0.05) is 24.3 Å². The van der Waals surface area contributed by atoms with Gasteiger partial charge in [0.15, 0.2) is 5.16 Å². The van der Waals surface area contributed by atoms with Crippen molar-refractivity contribution in [2.24, 2.45) is 0 Å². The van der Waals surface area contributed by atoms with Crippen molar-refractivity contribution in [1.29, 1.82) is 0 Å². The molecule has 21 heavy (non-hydrogen) atoms. The summed E-state index contributed by atoms with van der Waals surface area (Å²) in [6, 6.07) is 1.83. The molecule has 0 aromatic carbocycles. The number of hydrogen-bond donors (Lipinski definition) is 1. The molecule has 2 aromatic heterocycles. The second kappa shape index (κ2) is 7.24. The number of anilines is 1. The van der Waals surface area contributed by atoms with Crippen LogP contribution in [0.4, 0.5) is 5.82 Å². The summed E-state index contributed by atoms with van der Waals surface area (Å²) in [5.74, 6) is 0.162. The highest BCUT2D eigenvalue weighted by Gasteiger charge is 2.14. The molecule has 2 N–H and O–H groups in total. The van der Waals surface area contributed by atoms with Crippen LogP contribution >= 0.6 is 23.4 Å². The fourth-order valence-corrected chi connectivity index (χ4v) is 2.57. The number of ether oxygens (including phenoxy) is 1. The highest BCUT2D eigenvalue weighted by Crippen LogP contribution is 2.24. The van der Waals surface area contributed by atoms with Gasteiger partial charge < -0.3 is 10.5 Å². The van der Waals surface area contributed by atoms with Gasteiger partial charge >= 0.3 is 5.97 Å². The highest BCUT2D eigenvalue weighted by molar-refractivity contribution is 7.98. The minimum absolute atomic E-state index is 0.103. The van der Waals surface area contributed by atoms with Crippen molar-refractivity contribution in [3.05, 3.63) is 40.8 Å². The summed E-state index contributed by atoms with van der Waals surface area (Å²) in [5.41, 5.74) is 6.84. The van der Waals surface area contributed by atoms with Gasteiger partial charge in [0.05, 0.1) is 11.6 Å². The monoisotopic (exact) mass is 324 g/mol. The average molecular weight is 325 g/mol. The van der Waals surface area contributed by atoms with Crippen molar-refractivity contribution in [2.45, 2.75) is 17.8 Å². The third-order valence-corrected chi connectivity index (χ3v) is 3.76. The maximum absolute atomic E-state index is 11.6. The minimum Gasteiger partial charge on any atom is -0.462 e. The number of carbonyl (C=O) groups is 1. The number of aromatic nitrogens is 3. The maximum Gasteiger partial charge on any atom is 0.343 e. The van der Waals surface area contributed by atoms with Crippen LogP contribution < -0.4 is 5.73 Å². The fourth-order valence-electron chi connectivity index (χ4n) is 1.48. The predicted octanol–water partition coefficient (Wildman–Crippen LogP) is 2.58. The molecule has 110 valence electrons. The van der Waals surface area contributed by atoms with E-state index in [1.807, 2.05) is 6.07 Å². The number of nitrogens with zero attached hydrogens (tertiary/aromatic N) is 3. The Bertz CT molecular complexity index is 654. The van der Waals surface area contributed by atoms with Crippen molar-refractivity contribution in [3.63, 3.8) is 0 Å². The Morgan fingerprint density at radius 1 is 1.48 bits per heavy atom. The number of hydrogen-bond acceptors (Lipinski definition) is 7. The smallest absolute Gasteiger partial charge is 0.343 e. The number of thioether (sulfide) groups is 1. The van der Waals surface area contributed by atoms with Crippen LogP contribution in [0.2, 0.25) is 5.02 Å². The van der Waals surface area contributed by atoms with Gasteiger partial charge in [0.1, 0.15) is 11.4 Å². The van der Waals surface area contributed by atoms with E-state index in [1.165, 1.54) is 18.0 Å². The number of nitrogen functional groups attached to an aromatic ring is 1. The molecule has 6 nitrogen and oxygen atoms in total. The Labute approximate surface area is 131 Å². The van der Waals surface area contributed by atoms with Gasteiger partial charge in [-0.25, -0.2) is 14.8 Å². The lowest BCUT2D eigenvalue weighted by atomic mass is 10.3. The third kappa shape index (κ3) is 4.05. The number of rotatable bonds is 5. The number of esters is 1. The standard InChI is InChI=1S/C13H13ClN4O2S/c1-2-20-12(19)9-5-17-13(18-11(9)15)21-7-8-3-4-16-6-10(8)14/h3-6H,2,7H2,1H3,(H2,15,17,18). The predicted molar refractivity (Wildman–Crippen MR) is 81.2 cm³/mol. The molecule has 2 rings (SSSR count). The molecule has 2 heterocycles. The van der Waals surface area contributed by atoms with Gasteiger partial charge in [0.2, 0.25) is 0 Å². The molecular weight excluding hydrogens is 312 g/mol.